The molecule has 19 heavy (non-hydrogen) atoms. The first-order valence-corrected chi connectivity index (χ1v) is 8.26. The molecule has 102 valence electrons. The average Bonchev–Trinajstić information content (AvgIpc) is 2.90. The molecule has 0 aliphatic rings. The molecule has 0 aliphatic carbocycles. The van der Waals surface area contributed by atoms with E-state index in [0.717, 1.165) is 11.1 Å². The van der Waals surface area contributed by atoms with Gasteiger partial charge in [0.2, 0.25) is 10.0 Å². The van der Waals surface area contributed by atoms with Gasteiger partial charge in [0.15, 0.2) is 0 Å². The van der Waals surface area contributed by atoms with Gasteiger partial charge in [-0.05, 0) is 46.5 Å². The van der Waals surface area contributed by atoms with Crippen LogP contribution in [0, 0.1) is 6.92 Å². The molecule has 0 bridgehead atoms. The van der Waals surface area contributed by atoms with Gasteiger partial charge in [-0.25, -0.2) is 13.1 Å². The zero-order chi connectivity index (χ0) is 13.9. The standard InChI is InChI=1S/C13H16N2O2S2/c1-10-12(7-14)3-2-4-13(10)19(16,17)15-8-11-5-6-18-9-11/h2-6,9,15H,7-8,14H2,1H3. The highest BCUT2D eigenvalue weighted by Gasteiger charge is 2.17. The Morgan fingerprint density at radius 1 is 1.32 bits per heavy atom. The topological polar surface area (TPSA) is 72.2 Å². The summed E-state index contributed by atoms with van der Waals surface area (Å²) in [5, 5.41) is 3.84. The molecule has 2 rings (SSSR count). The quantitative estimate of drug-likeness (QED) is 0.886. The lowest BCUT2D eigenvalue weighted by molar-refractivity contribution is 0.580. The zero-order valence-electron chi connectivity index (χ0n) is 10.6. The maximum Gasteiger partial charge on any atom is 0.241 e. The third-order valence-electron chi connectivity index (χ3n) is 2.95. The minimum atomic E-state index is -3.50. The van der Waals surface area contributed by atoms with E-state index < -0.39 is 10.0 Å². The van der Waals surface area contributed by atoms with Crippen LogP contribution < -0.4 is 10.5 Å². The first-order valence-electron chi connectivity index (χ1n) is 5.84. The molecule has 0 radical (unpaired) electrons. The zero-order valence-corrected chi connectivity index (χ0v) is 12.2. The number of thiophene rings is 1. The van der Waals surface area contributed by atoms with E-state index >= 15 is 0 Å². The number of sulfonamides is 1. The van der Waals surface area contributed by atoms with Crippen LogP contribution in [-0.4, -0.2) is 8.42 Å². The molecule has 0 atom stereocenters. The van der Waals surface area contributed by atoms with E-state index in [1.165, 1.54) is 0 Å². The highest BCUT2D eigenvalue weighted by molar-refractivity contribution is 7.89. The van der Waals surface area contributed by atoms with Crippen molar-refractivity contribution in [3.8, 4) is 0 Å². The number of nitrogens with one attached hydrogen (secondary N) is 1. The first-order chi connectivity index (χ1) is 9.04. The van der Waals surface area contributed by atoms with E-state index in [1.807, 2.05) is 22.9 Å². The van der Waals surface area contributed by atoms with Crippen LogP contribution in [0.4, 0.5) is 0 Å². The normalized spacial score (nSPS) is 11.7. The van der Waals surface area contributed by atoms with E-state index in [0.29, 0.717) is 23.5 Å². The molecule has 1 aromatic carbocycles. The maximum atomic E-state index is 12.3. The largest absolute Gasteiger partial charge is 0.326 e. The summed E-state index contributed by atoms with van der Waals surface area (Å²) >= 11 is 1.54. The Labute approximate surface area is 117 Å². The summed E-state index contributed by atoms with van der Waals surface area (Å²) in [6.45, 7) is 2.42. The Morgan fingerprint density at radius 2 is 2.11 bits per heavy atom. The smallest absolute Gasteiger partial charge is 0.241 e. The number of nitrogens with two attached hydrogens (primary N) is 1. The van der Waals surface area contributed by atoms with E-state index in [4.69, 9.17) is 5.73 Å². The van der Waals surface area contributed by atoms with Crippen LogP contribution in [0.2, 0.25) is 0 Å². The van der Waals surface area contributed by atoms with Crippen molar-refractivity contribution in [2.75, 3.05) is 0 Å². The highest BCUT2D eigenvalue weighted by atomic mass is 32.2. The predicted molar refractivity (Wildman–Crippen MR) is 77.4 cm³/mol. The average molecular weight is 296 g/mol. The molecule has 0 fully saturated rings. The Balaban J connectivity index is 2.24. The minimum absolute atomic E-state index is 0.297. The van der Waals surface area contributed by atoms with Crippen LogP contribution in [-0.2, 0) is 23.1 Å². The maximum absolute atomic E-state index is 12.3. The number of benzene rings is 1. The molecule has 6 heteroatoms. The third-order valence-corrected chi connectivity index (χ3v) is 5.23. The van der Waals surface area contributed by atoms with Crippen molar-refractivity contribution >= 4 is 21.4 Å². The second-order valence-corrected chi connectivity index (χ2v) is 6.72. The van der Waals surface area contributed by atoms with E-state index in [-0.39, 0.29) is 0 Å². The van der Waals surface area contributed by atoms with Crippen molar-refractivity contribution in [1.29, 1.82) is 0 Å². The van der Waals surface area contributed by atoms with Gasteiger partial charge in [-0.15, -0.1) is 0 Å². The lowest BCUT2D eigenvalue weighted by atomic mass is 10.1. The van der Waals surface area contributed by atoms with E-state index in [2.05, 4.69) is 4.72 Å². The van der Waals surface area contributed by atoms with Crippen molar-refractivity contribution in [1.82, 2.24) is 4.72 Å². The van der Waals surface area contributed by atoms with Crippen molar-refractivity contribution in [2.45, 2.75) is 24.9 Å². The molecular formula is C13H16N2O2S2. The van der Waals surface area contributed by atoms with Gasteiger partial charge in [0, 0.05) is 13.1 Å². The van der Waals surface area contributed by atoms with Gasteiger partial charge in [0.05, 0.1) is 4.90 Å². The predicted octanol–water partition coefficient (Wildman–Crippen LogP) is 1.99. The lowest BCUT2D eigenvalue weighted by Gasteiger charge is -2.11. The van der Waals surface area contributed by atoms with Gasteiger partial charge < -0.3 is 5.73 Å². The summed E-state index contributed by atoms with van der Waals surface area (Å²) in [6, 6.07) is 7.06. The minimum Gasteiger partial charge on any atom is -0.326 e. The van der Waals surface area contributed by atoms with Gasteiger partial charge in [-0.2, -0.15) is 11.3 Å². The van der Waals surface area contributed by atoms with Crippen molar-refractivity contribution in [3.63, 3.8) is 0 Å². The monoisotopic (exact) mass is 296 g/mol. The summed E-state index contributed by atoms with van der Waals surface area (Å²) in [4.78, 5) is 0.297. The van der Waals surface area contributed by atoms with Gasteiger partial charge in [0.1, 0.15) is 0 Å². The summed E-state index contributed by atoms with van der Waals surface area (Å²) in [7, 11) is -3.50. The van der Waals surface area contributed by atoms with Crippen LogP contribution in [0.3, 0.4) is 0 Å². The van der Waals surface area contributed by atoms with Gasteiger partial charge >= 0.3 is 0 Å². The highest BCUT2D eigenvalue weighted by Crippen LogP contribution is 2.19. The van der Waals surface area contributed by atoms with Crippen LogP contribution in [0.25, 0.3) is 0 Å². The molecule has 0 saturated heterocycles. The summed E-state index contributed by atoms with van der Waals surface area (Å²) in [6.07, 6.45) is 0. The fraction of sp³-hybridized carbons (Fsp3) is 0.231. The van der Waals surface area contributed by atoms with Crippen molar-refractivity contribution in [2.24, 2.45) is 5.73 Å². The molecule has 0 saturated carbocycles. The Kier molecular flexibility index (Phi) is 4.36. The summed E-state index contributed by atoms with van der Waals surface area (Å²) in [5.41, 5.74) is 8.12. The summed E-state index contributed by atoms with van der Waals surface area (Å²) in [5.74, 6) is 0. The van der Waals surface area contributed by atoms with Crippen LogP contribution >= 0.6 is 11.3 Å². The molecule has 1 aromatic heterocycles. The first kappa shape index (κ1) is 14.2. The molecule has 0 spiro atoms. The van der Waals surface area contributed by atoms with E-state index in [9.17, 15) is 8.42 Å². The van der Waals surface area contributed by atoms with Crippen molar-refractivity contribution < 1.29 is 8.42 Å². The Hall–Kier alpha value is -1.21. The molecule has 0 amide bonds. The summed E-state index contributed by atoms with van der Waals surface area (Å²) < 4.78 is 27.1. The molecule has 0 aliphatic heterocycles. The number of hydrogen-bond acceptors (Lipinski definition) is 4. The second-order valence-electron chi connectivity index (χ2n) is 4.20. The molecule has 3 N–H and O–H groups in total. The van der Waals surface area contributed by atoms with Crippen LogP contribution in [0.15, 0.2) is 39.9 Å². The van der Waals surface area contributed by atoms with Crippen LogP contribution in [0.5, 0.6) is 0 Å². The SMILES string of the molecule is Cc1c(CN)cccc1S(=O)(=O)NCc1ccsc1. The van der Waals surface area contributed by atoms with E-state index in [1.54, 1.807) is 30.4 Å². The Morgan fingerprint density at radius 3 is 2.74 bits per heavy atom. The fourth-order valence-corrected chi connectivity index (χ4v) is 3.79. The van der Waals surface area contributed by atoms with Crippen molar-refractivity contribution in [3.05, 3.63) is 51.7 Å². The van der Waals surface area contributed by atoms with Gasteiger partial charge in [-0.3, -0.25) is 0 Å². The van der Waals surface area contributed by atoms with Crippen LogP contribution in [0.1, 0.15) is 16.7 Å². The number of hydrogen-bond donors (Lipinski definition) is 2. The van der Waals surface area contributed by atoms with Gasteiger partial charge in [0.25, 0.3) is 0 Å². The molecule has 4 nitrogen and oxygen atoms in total. The second kappa shape index (κ2) is 5.83. The molecule has 0 unspecified atom stereocenters. The molecule has 1 heterocycles. The molecular weight excluding hydrogens is 280 g/mol. The number of rotatable bonds is 5. The lowest BCUT2D eigenvalue weighted by Crippen LogP contribution is -2.24. The Bertz CT molecular complexity index is 649. The molecule has 2 aromatic rings. The third kappa shape index (κ3) is 3.22. The van der Waals surface area contributed by atoms with Gasteiger partial charge in [-0.1, -0.05) is 12.1 Å². The fourth-order valence-electron chi connectivity index (χ4n) is 1.82.